The van der Waals surface area contributed by atoms with E-state index in [-0.39, 0.29) is 0 Å². The predicted octanol–water partition coefficient (Wildman–Crippen LogP) is 2.54. The summed E-state index contributed by atoms with van der Waals surface area (Å²) in [4.78, 5) is 0.729. The van der Waals surface area contributed by atoms with Crippen molar-refractivity contribution in [3.8, 4) is 0 Å². The van der Waals surface area contributed by atoms with Crippen LogP contribution in [0.25, 0.3) is 0 Å². The highest BCUT2D eigenvalue weighted by molar-refractivity contribution is 8.24. The van der Waals surface area contributed by atoms with E-state index in [1.54, 1.807) is 12.1 Å². The number of benzene rings is 1. The fourth-order valence-corrected chi connectivity index (χ4v) is 3.17. The van der Waals surface area contributed by atoms with Crippen LogP contribution in [0.3, 0.4) is 0 Å². The van der Waals surface area contributed by atoms with Crippen molar-refractivity contribution in [1.82, 2.24) is 0 Å². The average Bonchev–Trinajstić information content (AvgIpc) is 2.04. The molecule has 65 valence electrons. The van der Waals surface area contributed by atoms with Crippen LogP contribution >= 0.6 is 10.6 Å². The molecule has 2 rings (SSSR count). The molecule has 2 N–H and O–H groups in total. The van der Waals surface area contributed by atoms with Crippen molar-refractivity contribution in [2.75, 3.05) is 5.75 Å². The lowest BCUT2D eigenvalue weighted by Gasteiger charge is -2.37. The van der Waals surface area contributed by atoms with Gasteiger partial charge in [-0.3, -0.25) is 9.11 Å². The third-order valence-electron chi connectivity index (χ3n) is 2.13. The fraction of sp³-hybridized carbons (Fsp3) is 0.333. The average molecular weight is 183 g/mol. The lowest BCUT2D eigenvalue weighted by atomic mass is 10.1. The molecule has 0 saturated heterocycles. The molecule has 0 atom stereocenters. The van der Waals surface area contributed by atoms with E-state index >= 15 is 0 Å². The molecule has 0 fully saturated rings. The second-order valence-electron chi connectivity index (χ2n) is 3.01. The number of rotatable bonds is 0. The summed E-state index contributed by atoms with van der Waals surface area (Å²) in [6.45, 7) is 0. The normalized spacial score (nSPS) is 22.8. The highest BCUT2D eigenvalue weighted by atomic mass is 32.3. The van der Waals surface area contributed by atoms with Gasteiger partial charge in [0.1, 0.15) is 0 Å². The lowest BCUT2D eigenvalue weighted by Crippen LogP contribution is -2.12. The smallest absolute Gasteiger partial charge is 0.0616 e. The van der Waals surface area contributed by atoms with Crippen LogP contribution in [0.15, 0.2) is 23.1 Å². The highest BCUT2D eigenvalue weighted by Gasteiger charge is 2.22. The monoisotopic (exact) mass is 183 g/mol. The first-order valence-electron chi connectivity index (χ1n) is 3.95. The lowest BCUT2D eigenvalue weighted by molar-refractivity contribution is 0.478. The summed E-state index contributed by atoms with van der Waals surface area (Å²) in [5.41, 5.74) is 1.05. The Labute approximate surface area is 73.6 Å². The van der Waals surface area contributed by atoms with Crippen LogP contribution in [-0.2, 0) is 6.42 Å². The summed E-state index contributed by atoms with van der Waals surface area (Å²) < 4.78 is 19.3. The molecular formula is C9H11O2S. The van der Waals surface area contributed by atoms with Crippen LogP contribution in [0.4, 0.5) is 0 Å². The van der Waals surface area contributed by atoms with E-state index in [0.29, 0.717) is 5.75 Å². The molecule has 1 aromatic rings. The first-order valence-corrected chi connectivity index (χ1v) is 5.67. The van der Waals surface area contributed by atoms with Gasteiger partial charge in [-0.2, -0.15) is 10.6 Å². The molecule has 1 aliphatic rings. The maximum atomic E-state index is 9.65. The van der Waals surface area contributed by atoms with Gasteiger partial charge in [-0.15, -0.1) is 0 Å². The molecule has 3 heteroatoms. The van der Waals surface area contributed by atoms with Crippen LogP contribution < -0.4 is 0 Å². The summed E-state index contributed by atoms with van der Waals surface area (Å²) in [6, 6.07) is 8.30. The summed E-state index contributed by atoms with van der Waals surface area (Å²) >= 11 is 0. The Bertz CT molecular complexity index is 296. The highest BCUT2D eigenvalue weighted by Crippen LogP contribution is 2.52. The van der Waals surface area contributed by atoms with Gasteiger partial charge in [-0.05, 0) is 36.6 Å². The van der Waals surface area contributed by atoms with Gasteiger partial charge in [-0.1, -0.05) is 6.07 Å². The predicted molar refractivity (Wildman–Crippen MR) is 49.6 cm³/mol. The molecule has 1 heterocycles. The molecule has 0 amide bonds. The Hall–Kier alpha value is -0.510. The number of fused-ring (bicyclic) bond motifs is 1. The Balaban J connectivity index is 2.52. The molecule has 2 nitrogen and oxygen atoms in total. The van der Waals surface area contributed by atoms with Gasteiger partial charge in [0.2, 0.25) is 0 Å². The standard InChI is InChI=1S/C9H11O2S/c10-12(11)7-3-5-8-4-1-2-6-9(8)12/h2,4,6,10-11H,3,5,7H2. The Morgan fingerprint density at radius 2 is 2.25 bits per heavy atom. The molecule has 1 aromatic carbocycles. The molecule has 0 bridgehead atoms. The summed E-state index contributed by atoms with van der Waals surface area (Å²) in [5, 5.41) is 0. The summed E-state index contributed by atoms with van der Waals surface area (Å²) in [6.07, 6.45) is 1.82. The molecule has 0 unspecified atom stereocenters. The van der Waals surface area contributed by atoms with Gasteiger partial charge in [-0.25, -0.2) is 0 Å². The summed E-state index contributed by atoms with van der Waals surface area (Å²) in [7, 11) is -2.46. The van der Waals surface area contributed by atoms with Crippen molar-refractivity contribution < 1.29 is 9.11 Å². The van der Waals surface area contributed by atoms with Crippen molar-refractivity contribution in [2.24, 2.45) is 0 Å². The van der Waals surface area contributed by atoms with Crippen molar-refractivity contribution >= 4 is 10.6 Å². The minimum absolute atomic E-state index is 0.518. The van der Waals surface area contributed by atoms with Gasteiger partial charge in [0, 0.05) is 5.75 Å². The molecular weight excluding hydrogens is 172 g/mol. The van der Waals surface area contributed by atoms with Crippen LogP contribution in [0.5, 0.6) is 0 Å². The van der Waals surface area contributed by atoms with Crippen LogP contribution in [0.2, 0.25) is 0 Å². The second-order valence-corrected chi connectivity index (χ2v) is 5.19. The van der Waals surface area contributed by atoms with Crippen LogP contribution in [0.1, 0.15) is 12.0 Å². The van der Waals surface area contributed by atoms with E-state index in [9.17, 15) is 9.11 Å². The third-order valence-corrected chi connectivity index (χ3v) is 4.09. The number of aryl methyl sites for hydroxylation is 1. The number of hydrogen-bond donors (Lipinski definition) is 2. The van der Waals surface area contributed by atoms with Crippen LogP contribution in [-0.4, -0.2) is 14.9 Å². The van der Waals surface area contributed by atoms with Gasteiger partial charge in [0.15, 0.2) is 0 Å². The zero-order valence-corrected chi connectivity index (χ0v) is 7.47. The van der Waals surface area contributed by atoms with Crippen molar-refractivity contribution in [3.63, 3.8) is 0 Å². The van der Waals surface area contributed by atoms with E-state index in [1.807, 2.05) is 6.07 Å². The van der Waals surface area contributed by atoms with Gasteiger partial charge >= 0.3 is 0 Å². The minimum atomic E-state index is -2.46. The maximum Gasteiger partial charge on any atom is 0.0616 e. The Kier molecular flexibility index (Phi) is 1.87. The van der Waals surface area contributed by atoms with Crippen molar-refractivity contribution in [3.05, 3.63) is 29.8 Å². The Morgan fingerprint density at radius 1 is 1.42 bits per heavy atom. The first kappa shape index (κ1) is 8.10. The molecule has 0 aliphatic carbocycles. The van der Waals surface area contributed by atoms with Crippen molar-refractivity contribution in [2.45, 2.75) is 17.7 Å². The van der Waals surface area contributed by atoms with Gasteiger partial charge in [0.25, 0.3) is 0 Å². The first-order chi connectivity index (χ1) is 5.70. The molecule has 0 aromatic heterocycles. The minimum Gasteiger partial charge on any atom is -0.295 e. The molecule has 12 heavy (non-hydrogen) atoms. The Morgan fingerprint density at radius 3 is 3.00 bits per heavy atom. The maximum absolute atomic E-state index is 9.65. The van der Waals surface area contributed by atoms with Crippen LogP contribution in [0, 0.1) is 6.07 Å². The largest absolute Gasteiger partial charge is 0.295 e. The SMILES string of the molecule is OS1(O)CCCc2c[c]ccc21. The van der Waals surface area contributed by atoms with Crippen molar-refractivity contribution in [1.29, 1.82) is 0 Å². The van der Waals surface area contributed by atoms with E-state index in [1.165, 1.54) is 0 Å². The molecule has 1 radical (unpaired) electrons. The van der Waals surface area contributed by atoms with E-state index in [0.717, 1.165) is 23.3 Å². The molecule has 1 aliphatic heterocycles. The van der Waals surface area contributed by atoms with Gasteiger partial charge in [0.05, 0.1) is 4.90 Å². The van der Waals surface area contributed by atoms with E-state index < -0.39 is 10.6 Å². The van der Waals surface area contributed by atoms with Gasteiger partial charge < -0.3 is 0 Å². The topological polar surface area (TPSA) is 40.5 Å². The quantitative estimate of drug-likeness (QED) is 0.649. The summed E-state index contributed by atoms with van der Waals surface area (Å²) in [5.74, 6) is 0.518. The zero-order valence-electron chi connectivity index (χ0n) is 6.66. The molecule has 0 saturated carbocycles. The second kappa shape index (κ2) is 2.76. The fourth-order valence-electron chi connectivity index (χ4n) is 1.54. The molecule has 0 spiro atoms. The van der Waals surface area contributed by atoms with E-state index in [4.69, 9.17) is 0 Å². The number of hydrogen-bond acceptors (Lipinski definition) is 2. The van der Waals surface area contributed by atoms with E-state index in [2.05, 4.69) is 6.07 Å². The zero-order chi connectivity index (χ0) is 8.60. The third kappa shape index (κ3) is 1.24.